The van der Waals surface area contributed by atoms with E-state index >= 15 is 4.39 Å². The highest BCUT2D eigenvalue weighted by Crippen LogP contribution is 2.43. The number of alkyl halides is 1. The Morgan fingerprint density at radius 1 is 1.03 bits per heavy atom. The summed E-state index contributed by atoms with van der Waals surface area (Å²) in [6.45, 7) is 3.80. The number of aromatic carboxylic acids is 1. The zero-order valence-corrected chi connectivity index (χ0v) is 21.9. The summed E-state index contributed by atoms with van der Waals surface area (Å²) >= 11 is 0. The molecule has 0 saturated heterocycles. The molecule has 1 aromatic heterocycles. The Hall–Kier alpha value is -3.89. The van der Waals surface area contributed by atoms with Crippen molar-refractivity contribution in [2.75, 3.05) is 0 Å². The van der Waals surface area contributed by atoms with Crippen LogP contribution < -0.4 is 5.43 Å². The van der Waals surface area contributed by atoms with Crippen molar-refractivity contribution in [2.45, 2.75) is 50.5 Å². The highest BCUT2D eigenvalue weighted by molar-refractivity contribution is 7.89. The fourth-order valence-electron chi connectivity index (χ4n) is 5.44. The van der Waals surface area contributed by atoms with Crippen LogP contribution in [0.1, 0.15) is 45.1 Å². The first-order chi connectivity index (χ1) is 18.5. The lowest BCUT2D eigenvalue weighted by Crippen LogP contribution is -2.25. The molecule has 0 spiro atoms. The Balaban J connectivity index is 1.44. The van der Waals surface area contributed by atoms with Gasteiger partial charge in [0.2, 0.25) is 15.5 Å². The molecule has 6 rings (SSSR count). The largest absolute Gasteiger partial charge is 0.477 e. The first kappa shape index (κ1) is 25.4. The van der Waals surface area contributed by atoms with E-state index in [1.165, 1.54) is 8.87 Å². The van der Waals surface area contributed by atoms with E-state index in [-0.39, 0.29) is 40.9 Å². The van der Waals surface area contributed by atoms with Crippen molar-refractivity contribution < 1.29 is 27.1 Å². The number of rotatable bonds is 5. The number of carbonyl (C=O) groups is 1. The summed E-state index contributed by atoms with van der Waals surface area (Å²) in [4.78, 5) is 24.8. The minimum absolute atomic E-state index is 0.117. The van der Waals surface area contributed by atoms with Crippen molar-refractivity contribution in [1.29, 1.82) is 0 Å². The molecule has 1 N–H and O–H groups in total. The molecule has 200 valence electrons. The number of pyridine rings is 1. The molecule has 1 saturated carbocycles. The standard InChI is InChI=1S/C29H24F2N2O5S/c1-15-3-7-20(8-4-15)39(37,38)32-12-18-6-5-17(9-19(18)13-32)26-16(2)27-21(10-24(26)31)28(34)22(29(35)36)14-33(27)25-11-23(25)30/h3-10,14,23,25H,11-13H2,1-2H3,(H,35,36)/t23-,25+/m0/s1. The van der Waals surface area contributed by atoms with Gasteiger partial charge >= 0.3 is 5.97 Å². The number of aryl methyl sites for hydroxylation is 2. The normalized spacial score (nSPS) is 18.9. The smallest absolute Gasteiger partial charge is 0.341 e. The van der Waals surface area contributed by atoms with Crippen LogP contribution in [0, 0.1) is 19.7 Å². The Labute approximate surface area is 223 Å². The maximum atomic E-state index is 15.6. The lowest BCUT2D eigenvalue weighted by molar-refractivity contribution is 0.0694. The van der Waals surface area contributed by atoms with Gasteiger partial charge < -0.3 is 9.67 Å². The van der Waals surface area contributed by atoms with Gasteiger partial charge in [-0.15, -0.1) is 0 Å². The van der Waals surface area contributed by atoms with Gasteiger partial charge in [-0.1, -0.05) is 29.8 Å². The van der Waals surface area contributed by atoms with Crippen LogP contribution in [0.5, 0.6) is 0 Å². The number of benzene rings is 3. The SMILES string of the molecule is Cc1ccc(S(=O)(=O)N2Cc3ccc(-c4c(F)cc5c(=O)c(C(=O)O)cn([C@@H]6C[C@@H]6F)c5c4C)cc3C2)cc1. The molecule has 3 aromatic carbocycles. The molecule has 0 amide bonds. The number of carboxylic acid groups (broad SMARTS) is 1. The molecule has 0 bridgehead atoms. The third-order valence-electron chi connectivity index (χ3n) is 7.63. The van der Waals surface area contributed by atoms with Gasteiger partial charge in [0.25, 0.3) is 0 Å². The second-order valence-corrected chi connectivity index (χ2v) is 12.2. The van der Waals surface area contributed by atoms with E-state index in [1.807, 2.05) is 6.92 Å². The number of nitrogens with zero attached hydrogens (tertiary/aromatic N) is 2. The lowest BCUT2D eigenvalue weighted by Gasteiger charge is -2.18. The minimum atomic E-state index is -3.74. The fourth-order valence-corrected chi connectivity index (χ4v) is 6.83. The Bertz CT molecular complexity index is 1870. The number of hydrogen-bond acceptors (Lipinski definition) is 4. The minimum Gasteiger partial charge on any atom is -0.477 e. The van der Waals surface area contributed by atoms with E-state index < -0.39 is 45.0 Å². The average Bonchev–Trinajstić information content (AvgIpc) is 3.44. The van der Waals surface area contributed by atoms with E-state index in [9.17, 15) is 27.5 Å². The van der Waals surface area contributed by atoms with Crippen molar-refractivity contribution in [1.82, 2.24) is 8.87 Å². The molecule has 0 unspecified atom stereocenters. The van der Waals surface area contributed by atoms with Crippen LogP contribution >= 0.6 is 0 Å². The van der Waals surface area contributed by atoms with Crippen molar-refractivity contribution >= 4 is 26.9 Å². The third kappa shape index (κ3) is 4.06. The second-order valence-electron chi connectivity index (χ2n) is 10.2. The van der Waals surface area contributed by atoms with Gasteiger partial charge in [-0.05, 0) is 60.4 Å². The van der Waals surface area contributed by atoms with Crippen LogP contribution in [0.3, 0.4) is 0 Å². The first-order valence-electron chi connectivity index (χ1n) is 12.4. The predicted octanol–water partition coefficient (Wildman–Crippen LogP) is 5.11. The quantitative estimate of drug-likeness (QED) is 0.373. The Morgan fingerprint density at radius 2 is 1.69 bits per heavy atom. The van der Waals surface area contributed by atoms with Crippen molar-refractivity contribution in [3.63, 3.8) is 0 Å². The molecule has 10 heteroatoms. The van der Waals surface area contributed by atoms with Crippen molar-refractivity contribution in [2.24, 2.45) is 0 Å². The zero-order chi connectivity index (χ0) is 27.8. The molecule has 4 aromatic rings. The third-order valence-corrected chi connectivity index (χ3v) is 9.43. The van der Waals surface area contributed by atoms with Gasteiger partial charge in [0.05, 0.1) is 16.5 Å². The van der Waals surface area contributed by atoms with E-state index in [2.05, 4.69) is 0 Å². The molecule has 2 heterocycles. The number of halogens is 2. The Kier molecular flexibility index (Phi) is 5.74. The molecular formula is C29H24F2N2O5S. The van der Waals surface area contributed by atoms with E-state index in [4.69, 9.17) is 0 Å². The van der Waals surface area contributed by atoms with E-state index in [0.717, 1.165) is 29.0 Å². The fraction of sp³-hybridized carbons (Fsp3) is 0.241. The molecule has 2 aliphatic rings. The molecule has 7 nitrogen and oxygen atoms in total. The summed E-state index contributed by atoms with van der Waals surface area (Å²) in [5.74, 6) is -2.18. The number of hydrogen-bond donors (Lipinski definition) is 1. The molecular weight excluding hydrogens is 526 g/mol. The van der Waals surface area contributed by atoms with E-state index in [1.54, 1.807) is 49.4 Å². The molecule has 2 atom stereocenters. The second kappa shape index (κ2) is 8.82. The summed E-state index contributed by atoms with van der Waals surface area (Å²) in [6.07, 6.45) is 0.127. The van der Waals surface area contributed by atoms with Crippen LogP contribution in [0.15, 0.2) is 64.4 Å². The maximum absolute atomic E-state index is 15.6. The average molecular weight is 551 g/mol. The monoisotopic (exact) mass is 550 g/mol. The maximum Gasteiger partial charge on any atom is 0.341 e. The van der Waals surface area contributed by atoms with Crippen LogP contribution in [-0.2, 0) is 23.1 Å². The predicted molar refractivity (Wildman–Crippen MR) is 141 cm³/mol. The molecule has 39 heavy (non-hydrogen) atoms. The molecule has 1 aliphatic carbocycles. The molecule has 1 fully saturated rings. The van der Waals surface area contributed by atoms with Gasteiger partial charge in [0, 0.05) is 36.7 Å². The molecule has 0 radical (unpaired) electrons. The Morgan fingerprint density at radius 3 is 2.33 bits per heavy atom. The number of aromatic nitrogens is 1. The highest BCUT2D eigenvalue weighted by Gasteiger charge is 2.40. The molecule has 1 aliphatic heterocycles. The van der Waals surface area contributed by atoms with Gasteiger partial charge in [0.15, 0.2) is 0 Å². The summed E-state index contributed by atoms with van der Waals surface area (Å²) in [5, 5.41) is 9.37. The van der Waals surface area contributed by atoms with Gasteiger partial charge in [0.1, 0.15) is 17.6 Å². The van der Waals surface area contributed by atoms with Crippen LogP contribution in [-0.4, -0.2) is 34.5 Å². The number of sulfonamides is 1. The van der Waals surface area contributed by atoms with Crippen LogP contribution in [0.4, 0.5) is 8.78 Å². The summed E-state index contributed by atoms with van der Waals surface area (Å²) in [7, 11) is -3.74. The van der Waals surface area contributed by atoms with Gasteiger partial charge in [-0.3, -0.25) is 4.79 Å². The number of carboxylic acids is 1. The topological polar surface area (TPSA) is 96.7 Å². The summed E-state index contributed by atoms with van der Waals surface area (Å²) < 4.78 is 59.0. The highest BCUT2D eigenvalue weighted by atomic mass is 32.2. The number of fused-ring (bicyclic) bond motifs is 2. The lowest BCUT2D eigenvalue weighted by atomic mass is 9.94. The van der Waals surface area contributed by atoms with Crippen molar-refractivity contribution in [3.05, 3.63) is 98.6 Å². The van der Waals surface area contributed by atoms with Crippen molar-refractivity contribution in [3.8, 4) is 11.1 Å². The van der Waals surface area contributed by atoms with Crippen LogP contribution in [0.2, 0.25) is 0 Å². The van der Waals surface area contributed by atoms with Crippen LogP contribution in [0.25, 0.3) is 22.0 Å². The summed E-state index contributed by atoms with van der Waals surface area (Å²) in [5.41, 5.74) is 2.44. The first-order valence-corrected chi connectivity index (χ1v) is 13.9. The zero-order valence-electron chi connectivity index (χ0n) is 21.1. The summed E-state index contributed by atoms with van der Waals surface area (Å²) in [6, 6.07) is 12.2. The van der Waals surface area contributed by atoms with Gasteiger partial charge in [-0.25, -0.2) is 22.0 Å². The van der Waals surface area contributed by atoms with Gasteiger partial charge in [-0.2, -0.15) is 4.31 Å². The van der Waals surface area contributed by atoms with E-state index in [0.29, 0.717) is 11.1 Å².